The van der Waals surface area contributed by atoms with E-state index in [0.717, 1.165) is 25.9 Å². The predicted octanol–water partition coefficient (Wildman–Crippen LogP) is 4.64. The molecule has 1 saturated carbocycles. The molecule has 2 fully saturated rings. The number of nitrogens with one attached hydrogen (secondary N) is 1. The summed E-state index contributed by atoms with van der Waals surface area (Å²) in [6.07, 6.45) is 4.97. The quantitative estimate of drug-likeness (QED) is 0.813. The Morgan fingerprint density at radius 3 is 2.30 bits per heavy atom. The third-order valence-electron chi connectivity index (χ3n) is 5.65. The lowest BCUT2D eigenvalue weighted by Crippen LogP contribution is -2.53. The van der Waals surface area contributed by atoms with E-state index >= 15 is 0 Å². The zero-order valence-corrected chi connectivity index (χ0v) is 16.3. The molecular formula is C20H39FN2. The molecule has 2 nitrogen and oxygen atoms in total. The van der Waals surface area contributed by atoms with Crippen LogP contribution in [-0.2, 0) is 0 Å². The van der Waals surface area contributed by atoms with E-state index in [1.807, 2.05) is 0 Å². The Labute approximate surface area is 143 Å². The summed E-state index contributed by atoms with van der Waals surface area (Å²) in [6.45, 7) is 16.7. The average Bonchev–Trinajstić information content (AvgIpc) is 2.35. The smallest absolute Gasteiger partial charge is 0.104 e. The molecule has 3 heteroatoms. The Morgan fingerprint density at radius 2 is 1.74 bits per heavy atom. The minimum Gasteiger partial charge on any atom is -0.308 e. The third-order valence-corrected chi connectivity index (χ3v) is 5.65. The van der Waals surface area contributed by atoms with Crippen molar-refractivity contribution in [3.8, 4) is 0 Å². The molecule has 136 valence electrons. The maximum atomic E-state index is 14.6. The van der Waals surface area contributed by atoms with Crippen molar-refractivity contribution < 1.29 is 4.39 Å². The van der Waals surface area contributed by atoms with Crippen LogP contribution in [0, 0.1) is 17.3 Å². The fourth-order valence-electron chi connectivity index (χ4n) is 4.65. The van der Waals surface area contributed by atoms with Crippen molar-refractivity contribution in [2.45, 2.75) is 91.4 Å². The number of rotatable bonds is 3. The molecule has 0 radical (unpaired) electrons. The molecule has 0 aromatic rings. The molecule has 0 aromatic carbocycles. The maximum absolute atomic E-state index is 14.6. The summed E-state index contributed by atoms with van der Waals surface area (Å²) in [5.41, 5.74) is 0.291. The minimum absolute atomic E-state index is 0.108. The van der Waals surface area contributed by atoms with Gasteiger partial charge in [0.2, 0.25) is 0 Å². The van der Waals surface area contributed by atoms with Gasteiger partial charge in [-0.05, 0) is 76.7 Å². The number of piperidine rings is 1. The molecule has 3 unspecified atom stereocenters. The second kappa shape index (κ2) is 7.39. The molecule has 0 aromatic heterocycles. The van der Waals surface area contributed by atoms with E-state index in [1.165, 1.54) is 25.8 Å². The lowest BCUT2D eigenvalue weighted by molar-refractivity contribution is 0.0345. The zero-order valence-electron chi connectivity index (χ0n) is 16.3. The number of hydrogen-bond acceptors (Lipinski definition) is 2. The van der Waals surface area contributed by atoms with Gasteiger partial charge in [0.05, 0.1) is 0 Å². The molecule has 0 bridgehead atoms. The van der Waals surface area contributed by atoms with Crippen LogP contribution in [0.25, 0.3) is 0 Å². The second-order valence-corrected chi connectivity index (χ2v) is 10.2. The van der Waals surface area contributed by atoms with Gasteiger partial charge < -0.3 is 10.2 Å². The zero-order chi connectivity index (χ0) is 17.3. The van der Waals surface area contributed by atoms with E-state index < -0.39 is 6.17 Å². The Hall–Kier alpha value is -0.150. The third kappa shape index (κ3) is 6.01. The number of nitrogens with zero attached hydrogens (tertiary/aromatic N) is 1. The molecule has 1 N–H and O–H groups in total. The molecule has 1 heterocycles. The maximum Gasteiger partial charge on any atom is 0.104 e. The van der Waals surface area contributed by atoms with Gasteiger partial charge in [0.1, 0.15) is 6.17 Å². The Kier molecular flexibility index (Phi) is 6.16. The van der Waals surface area contributed by atoms with Gasteiger partial charge in [-0.25, -0.2) is 4.39 Å². The first-order valence-electron chi connectivity index (χ1n) is 9.69. The number of hydrogen-bond donors (Lipinski definition) is 1. The lowest BCUT2D eigenvalue weighted by Gasteiger charge is -2.42. The number of alkyl halides is 1. The summed E-state index contributed by atoms with van der Waals surface area (Å²) in [5, 5.41) is 3.75. The van der Waals surface area contributed by atoms with Gasteiger partial charge >= 0.3 is 0 Å². The Bertz CT molecular complexity index is 365. The summed E-state index contributed by atoms with van der Waals surface area (Å²) in [4.78, 5) is 2.59. The van der Waals surface area contributed by atoms with E-state index in [0.29, 0.717) is 12.0 Å². The van der Waals surface area contributed by atoms with Gasteiger partial charge in [-0.15, -0.1) is 0 Å². The van der Waals surface area contributed by atoms with Crippen LogP contribution in [0.1, 0.15) is 73.6 Å². The number of likely N-dealkylation sites (tertiary alicyclic amines) is 1. The summed E-state index contributed by atoms with van der Waals surface area (Å²) in [6, 6.07) is 0.593. The van der Waals surface area contributed by atoms with Crippen molar-refractivity contribution in [2.24, 2.45) is 17.3 Å². The van der Waals surface area contributed by atoms with E-state index in [4.69, 9.17) is 0 Å². The fraction of sp³-hybridized carbons (Fsp3) is 1.00. The highest BCUT2D eigenvalue weighted by atomic mass is 19.1. The first-order valence-corrected chi connectivity index (χ1v) is 9.69. The van der Waals surface area contributed by atoms with Crippen LogP contribution in [0.3, 0.4) is 0 Å². The standard InChI is InChI=1S/C20H39FN2/c1-19(2,3)17-10-9-15(12-18(17)21)13-23-11-7-8-16(14-23)22-20(4,5)6/h15-18,22H,7-14H2,1-6H3/t15?,16-,17?,18?/m1/s1. The first kappa shape index (κ1) is 19.2. The van der Waals surface area contributed by atoms with Crippen LogP contribution in [0.15, 0.2) is 0 Å². The predicted molar refractivity (Wildman–Crippen MR) is 97.5 cm³/mol. The van der Waals surface area contributed by atoms with Gasteiger partial charge in [0, 0.05) is 24.7 Å². The van der Waals surface area contributed by atoms with Crippen LogP contribution < -0.4 is 5.32 Å². The summed E-state index contributed by atoms with van der Waals surface area (Å²) in [5.74, 6) is 0.799. The highest BCUT2D eigenvalue weighted by molar-refractivity contribution is 4.89. The van der Waals surface area contributed by atoms with Crippen molar-refractivity contribution in [2.75, 3.05) is 19.6 Å². The largest absolute Gasteiger partial charge is 0.308 e. The monoisotopic (exact) mass is 326 g/mol. The topological polar surface area (TPSA) is 15.3 Å². The second-order valence-electron chi connectivity index (χ2n) is 10.2. The average molecular weight is 327 g/mol. The van der Waals surface area contributed by atoms with Crippen LogP contribution in [0.2, 0.25) is 0 Å². The van der Waals surface area contributed by atoms with Crippen molar-refractivity contribution >= 4 is 0 Å². The van der Waals surface area contributed by atoms with E-state index in [2.05, 4.69) is 51.8 Å². The molecule has 1 aliphatic carbocycles. The van der Waals surface area contributed by atoms with Crippen molar-refractivity contribution in [3.05, 3.63) is 0 Å². The summed E-state index contributed by atoms with van der Waals surface area (Å²) >= 11 is 0. The van der Waals surface area contributed by atoms with Gasteiger partial charge in [0.15, 0.2) is 0 Å². The summed E-state index contributed by atoms with van der Waals surface area (Å²) < 4.78 is 14.6. The van der Waals surface area contributed by atoms with Gasteiger partial charge in [-0.1, -0.05) is 20.8 Å². The van der Waals surface area contributed by atoms with Crippen LogP contribution in [0.4, 0.5) is 4.39 Å². The molecule has 1 aliphatic heterocycles. The molecule has 2 rings (SSSR count). The molecule has 23 heavy (non-hydrogen) atoms. The summed E-state index contributed by atoms with van der Waals surface area (Å²) in [7, 11) is 0. The minimum atomic E-state index is -0.609. The Morgan fingerprint density at radius 1 is 1.04 bits per heavy atom. The highest BCUT2D eigenvalue weighted by Crippen LogP contribution is 2.41. The first-order chi connectivity index (χ1) is 10.5. The van der Waals surface area contributed by atoms with Crippen molar-refractivity contribution in [1.82, 2.24) is 10.2 Å². The van der Waals surface area contributed by atoms with Crippen molar-refractivity contribution in [1.29, 1.82) is 0 Å². The lowest BCUT2D eigenvalue weighted by atomic mass is 9.68. The van der Waals surface area contributed by atoms with Gasteiger partial charge in [-0.2, -0.15) is 0 Å². The van der Waals surface area contributed by atoms with E-state index in [-0.39, 0.29) is 16.9 Å². The molecule has 4 atom stereocenters. The molecule has 0 spiro atoms. The Balaban J connectivity index is 1.81. The van der Waals surface area contributed by atoms with Crippen molar-refractivity contribution in [3.63, 3.8) is 0 Å². The fourth-order valence-corrected chi connectivity index (χ4v) is 4.65. The van der Waals surface area contributed by atoms with Crippen LogP contribution >= 0.6 is 0 Å². The van der Waals surface area contributed by atoms with Crippen LogP contribution in [0.5, 0.6) is 0 Å². The molecule has 1 saturated heterocycles. The van der Waals surface area contributed by atoms with Crippen LogP contribution in [-0.4, -0.2) is 42.3 Å². The highest BCUT2D eigenvalue weighted by Gasteiger charge is 2.38. The number of halogens is 1. The normalized spacial score (nSPS) is 34.6. The molecular weight excluding hydrogens is 287 g/mol. The van der Waals surface area contributed by atoms with E-state index in [9.17, 15) is 4.39 Å². The molecule has 0 amide bonds. The molecule has 2 aliphatic rings. The SMILES string of the molecule is CC(C)(C)N[C@@H]1CCCN(CC2CCC(C(C)(C)C)C(F)C2)C1. The van der Waals surface area contributed by atoms with Gasteiger partial charge in [-0.3, -0.25) is 0 Å². The van der Waals surface area contributed by atoms with E-state index in [1.54, 1.807) is 0 Å². The van der Waals surface area contributed by atoms with Gasteiger partial charge in [0.25, 0.3) is 0 Å².